The van der Waals surface area contributed by atoms with Gasteiger partial charge in [0.05, 0.1) is 5.69 Å². The Morgan fingerprint density at radius 1 is 1.33 bits per heavy atom. The van der Waals surface area contributed by atoms with Gasteiger partial charge in [-0.3, -0.25) is 0 Å². The Balaban J connectivity index is 1.79. The molecule has 0 saturated heterocycles. The molecule has 3 rings (SSSR count). The zero-order chi connectivity index (χ0) is 12.5. The van der Waals surface area contributed by atoms with Gasteiger partial charge in [0.1, 0.15) is 5.82 Å². The molecule has 1 aliphatic rings. The number of benzene rings is 1. The van der Waals surface area contributed by atoms with Gasteiger partial charge in [-0.05, 0) is 30.0 Å². The predicted octanol–water partition coefficient (Wildman–Crippen LogP) is 3.71. The van der Waals surface area contributed by atoms with E-state index in [1.807, 2.05) is 12.1 Å². The second kappa shape index (κ2) is 4.77. The van der Waals surface area contributed by atoms with Crippen molar-refractivity contribution in [3.05, 3.63) is 52.6 Å². The van der Waals surface area contributed by atoms with E-state index >= 15 is 0 Å². The quantitative estimate of drug-likeness (QED) is 0.805. The van der Waals surface area contributed by atoms with Crippen LogP contribution in [0.15, 0.2) is 30.5 Å². The predicted molar refractivity (Wildman–Crippen MR) is 74.0 cm³/mol. The lowest BCUT2D eigenvalue weighted by Gasteiger charge is -2.19. The summed E-state index contributed by atoms with van der Waals surface area (Å²) in [6.07, 6.45) is 5.48. The first-order chi connectivity index (χ1) is 8.70. The number of hydrogen-bond acceptors (Lipinski definition) is 1. The molecular weight excluding hydrogens is 244 g/mol. The molecule has 1 aromatic heterocycles. The molecule has 1 unspecified atom stereocenters. The van der Waals surface area contributed by atoms with Gasteiger partial charge in [0, 0.05) is 30.6 Å². The smallest absolute Gasteiger partial charge is 0.108 e. The molecule has 2 heterocycles. The molecule has 0 aliphatic carbocycles. The van der Waals surface area contributed by atoms with E-state index in [-0.39, 0.29) is 0 Å². The molecule has 94 valence electrons. The maximum Gasteiger partial charge on any atom is 0.108 e. The number of hydrogen-bond donors (Lipinski definition) is 0. The topological polar surface area (TPSA) is 17.8 Å². The third-order valence-corrected chi connectivity index (χ3v) is 3.83. The lowest BCUT2D eigenvalue weighted by molar-refractivity contribution is 0.394. The van der Waals surface area contributed by atoms with Crippen molar-refractivity contribution in [3.8, 4) is 0 Å². The van der Waals surface area contributed by atoms with Crippen molar-refractivity contribution in [3.63, 3.8) is 0 Å². The zero-order valence-electron chi connectivity index (χ0n) is 10.6. The van der Waals surface area contributed by atoms with Gasteiger partial charge in [0.2, 0.25) is 0 Å². The summed E-state index contributed by atoms with van der Waals surface area (Å²) in [5, 5.41) is 0.789. The van der Waals surface area contributed by atoms with Crippen LogP contribution in [0.5, 0.6) is 0 Å². The van der Waals surface area contributed by atoms with E-state index in [1.165, 1.54) is 23.5 Å². The van der Waals surface area contributed by atoms with Crippen molar-refractivity contribution in [1.82, 2.24) is 9.55 Å². The maximum absolute atomic E-state index is 5.89. The molecule has 0 radical (unpaired) electrons. The van der Waals surface area contributed by atoms with Crippen molar-refractivity contribution in [2.75, 3.05) is 0 Å². The van der Waals surface area contributed by atoms with E-state index in [0.717, 1.165) is 30.3 Å². The number of aryl methyl sites for hydroxylation is 1. The average molecular weight is 261 g/mol. The fraction of sp³-hybridized carbons (Fsp3) is 0.400. The first-order valence-corrected chi connectivity index (χ1v) is 6.88. The fourth-order valence-corrected chi connectivity index (χ4v) is 2.70. The van der Waals surface area contributed by atoms with Gasteiger partial charge < -0.3 is 4.57 Å². The number of halogens is 1. The molecular formula is C15H17ClN2. The van der Waals surface area contributed by atoms with Gasteiger partial charge in [-0.15, -0.1) is 0 Å². The molecule has 3 heteroatoms. The molecule has 1 aromatic carbocycles. The van der Waals surface area contributed by atoms with E-state index in [2.05, 4.69) is 29.8 Å². The summed E-state index contributed by atoms with van der Waals surface area (Å²) < 4.78 is 2.32. The monoisotopic (exact) mass is 260 g/mol. The largest absolute Gasteiger partial charge is 0.334 e. The van der Waals surface area contributed by atoms with Crippen LogP contribution in [0.3, 0.4) is 0 Å². The average Bonchev–Trinajstić information content (AvgIpc) is 2.73. The highest BCUT2D eigenvalue weighted by Crippen LogP contribution is 2.21. The first-order valence-electron chi connectivity index (χ1n) is 6.50. The third-order valence-electron chi connectivity index (χ3n) is 3.58. The second-order valence-corrected chi connectivity index (χ2v) is 5.68. The number of aromatic nitrogens is 2. The molecule has 0 saturated carbocycles. The molecule has 1 aliphatic heterocycles. The number of rotatable bonds is 2. The summed E-state index contributed by atoms with van der Waals surface area (Å²) in [6.45, 7) is 3.42. The normalized spacial score (nSPS) is 18.7. The molecule has 0 N–H and O–H groups in total. The SMILES string of the molecule is CC1CCc2nc(Cc3ccc(Cl)cc3)cn2C1. The van der Waals surface area contributed by atoms with Gasteiger partial charge in [-0.1, -0.05) is 30.7 Å². The molecule has 0 amide bonds. The van der Waals surface area contributed by atoms with Crippen LogP contribution in [0, 0.1) is 5.92 Å². The Labute approximate surface area is 113 Å². The standard InChI is InChI=1S/C15H17ClN2/c1-11-2-7-15-17-14(10-18(15)9-11)8-12-3-5-13(16)6-4-12/h3-6,10-11H,2,7-9H2,1H3. The number of fused-ring (bicyclic) bond motifs is 1. The van der Waals surface area contributed by atoms with Crippen molar-refractivity contribution >= 4 is 11.6 Å². The van der Waals surface area contributed by atoms with Gasteiger partial charge >= 0.3 is 0 Å². The van der Waals surface area contributed by atoms with E-state index in [1.54, 1.807) is 0 Å². The lowest BCUT2D eigenvalue weighted by Crippen LogP contribution is -2.17. The summed E-state index contributed by atoms with van der Waals surface area (Å²) >= 11 is 5.89. The first kappa shape index (κ1) is 11.8. The highest BCUT2D eigenvalue weighted by atomic mass is 35.5. The summed E-state index contributed by atoms with van der Waals surface area (Å²) in [5.41, 5.74) is 2.43. The number of nitrogens with zero attached hydrogens (tertiary/aromatic N) is 2. The molecule has 2 nitrogen and oxygen atoms in total. The van der Waals surface area contributed by atoms with E-state index in [9.17, 15) is 0 Å². The zero-order valence-corrected chi connectivity index (χ0v) is 11.3. The maximum atomic E-state index is 5.89. The number of imidazole rings is 1. The Morgan fingerprint density at radius 3 is 2.89 bits per heavy atom. The van der Waals surface area contributed by atoms with Crippen molar-refractivity contribution < 1.29 is 0 Å². The molecule has 18 heavy (non-hydrogen) atoms. The minimum absolute atomic E-state index is 0.773. The minimum atomic E-state index is 0.773. The minimum Gasteiger partial charge on any atom is -0.334 e. The Morgan fingerprint density at radius 2 is 2.11 bits per heavy atom. The van der Waals surface area contributed by atoms with E-state index < -0.39 is 0 Å². The van der Waals surface area contributed by atoms with Crippen LogP contribution in [-0.2, 0) is 19.4 Å². The van der Waals surface area contributed by atoms with Crippen LogP contribution < -0.4 is 0 Å². The highest BCUT2D eigenvalue weighted by molar-refractivity contribution is 6.30. The fourth-order valence-electron chi connectivity index (χ4n) is 2.57. The van der Waals surface area contributed by atoms with Gasteiger partial charge in [-0.25, -0.2) is 4.98 Å². The highest BCUT2D eigenvalue weighted by Gasteiger charge is 2.16. The van der Waals surface area contributed by atoms with Gasteiger partial charge in [0.15, 0.2) is 0 Å². The van der Waals surface area contributed by atoms with Crippen LogP contribution in [0.2, 0.25) is 5.02 Å². The third kappa shape index (κ3) is 2.44. The van der Waals surface area contributed by atoms with Crippen LogP contribution >= 0.6 is 11.6 Å². The Kier molecular flexibility index (Phi) is 3.13. The van der Waals surface area contributed by atoms with Crippen LogP contribution in [0.25, 0.3) is 0 Å². The Hall–Kier alpha value is -1.28. The summed E-state index contributed by atoms with van der Waals surface area (Å²) in [6, 6.07) is 8.02. The van der Waals surface area contributed by atoms with E-state index in [0.29, 0.717) is 0 Å². The van der Waals surface area contributed by atoms with Crippen molar-refractivity contribution in [2.24, 2.45) is 5.92 Å². The Bertz CT molecular complexity index is 542. The van der Waals surface area contributed by atoms with Crippen LogP contribution in [0.1, 0.15) is 30.4 Å². The summed E-state index contributed by atoms with van der Waals surface area (Å²) in [7, 11) is 0. The molecule has 2 aromatic rings. The molecule has 1 atom stereocenters. The van der Waals surface area contributed by atoms with Crippen molar-refractivity contribution in [2.45, 2.75) is 32.7 Å². The molecule has 0 fully saturated rings. The lowest BCUT2D eigenvalue weighted by atomic mass is 10.0. The van der Waals surface area contributed by atoms with Gasteiger partial charge in [0.25, 0.3) is 0 Å². The summed E-state index contributed by atoms with van der Waals surface area (Å²) in [4.78, 5) is 4.73. The molecule has 0 spiro atoms. The molecule has 0 bridgehead atoms. The van der Waals surface area contributed by atoms with Crippen LogP contribution in [-0.4, -0.2) is 9.55 Å². The van der Waals surface area contributed by atoms with Crippen molar-refractivity contribution in [1.29, 1.82) is 0 Å². The van der Waals surface area contributed by atoms with E-state index in [4.69, 9.17) is 16.6 Å². The summed E-state index contributed by atoms with van der Waals surface area (Å²) in [5.74, 6) is 2.02. The van der Waals surface area contributed by atoms with Gasteiger partial charge in [-0.2, -0.15) is 0 Å². The van der Waals surface area contributed by atoms with Crippen LogP contribution in [0.4, 0.5) is 0 Å². The second-order valence-electron chi connectivity index (χ2n) is 5.25.